The van der Waals surface area contributed by atoms with E-state index in [0.29, 0.717) is 19.3 Å². The Hall–Kier alpha value is -1.50. The molecule has 0 unspecified atom stereocenters. The second-order valence-electron chi connectivity index (χ2n) is 11.0. The average Bonchev–Trinajstić information content (AvgIpc) is 3.15. The zero-order chi connectivity index (χ0) is 21.7. The fourth-order valence-electron chi connectivity index (χ4n) is 8.00. The van der Waals surface area contributed by atoms with Crippen LogP contribution < -0.4 is 0 Å². The number of fused-ring (bicyclic) bond motifs is 5. The number of ether oxygens (including phenoxy) is 1. The monoisotopic (exact) mass is 416 g/mol. The van der Waals surface area contributed by atoms with Crippen molar-refractivity contribution in [3.63, 3.8) is 0 Å². The summed E-state index contributed by atoms with van der Waals surface area (Å²) in [4.78, 5) is 25.0. The fourth-order valence-corrected chi connectivity index (χ4v) is 8.00. The number of hydrogen-bond donors (Lipinski definition) is 3. The van der Waals surface area contributed by atoms with Crippen LogP contribution in [0.1, 0.15) is 59.3 Å². The molecule has 0 saturated heterocycles. The molecule has 6 nitrogen and oxygen atoms in total. The van der Waals surface area contributed by atoms with Crippen LogP contribution in [0.15, 0.2) is 23.8 Å². The molecule has 4 aliphatic carbocycles. The Morgan fingerprint density at radius 1 is 1.03 bits per heavy atom. The zero-order valence-corrected chi connectivity index (χ0v) is 17.9. The van der Waals surface area contributed by atoms with Crippen molar-refractivity contribution in [3.8, 4) is 0 Å². The first-order valence-corrected chi connectivity index (χ1v) is 11.2. The summed E-state index contributed by atoms with van der Waals surface area (Å²) >= 11 is 0. The van der Waals surface area contributed by atoms with Crippen molar-refractivity contribution < 1.29 is 29.6 Å². The lowest BCUT2D eigenvalue weighted by atomic mass is 9.45. The van der Waals surface area contributed by atoms with E-state index in [0.717, 1.165) is 18.4 Å². The van der Waals surface area contributed by atoms with E-state index in [1.54, 1.807) is 6.08 Å². The third kappa shape index (κ3) is 2.36. The van der Waals surface area contributed by atoms with Crippen LogP contribution in [0.25, 0.3) is 0 Å². The number of cyclic esters (lactones) is 1. The van der Waals surface area contributed by atoms with Crippen molar-refractivity contribution in [1.29, 1.82) is 0 Å². The first-order valence-electron chi connectivity index (χ1n) is 11.2. The molecule has 5 aliphatic rings. The maximum Gasteiger partial charge on any atom is 0.331 e. The van der Waals surface area contributed by atoms with Crippen molar-refractivity contribution in [1.82, 2.24) is 0 Å². The summed E-state index contributed by atoms with van der Waals surface area (Å²) in [5.74, 6) is -0.768. The molecular formula is C24H32O6. The van der Waals surface area contributed by atoms with Gasteiger partial charge in [-0.15, -0.1) is 0 Å². The average molecular weight is 417 g/mol. The van der Waals surface area contributed by atoms with E-state index in [2.05, 4.69) is 6.92 Å². The molecule has 6 heteroatoms. The van der Waals surface area contributed by atoms with E-state index >= 15 is 0 Å². The number of ketones is 1. The molecule has 1 heterocycles. The van der Waals surface area contributed by atoms with Crippen LogP contribution in [0.2, 0.25) is 0 Å². The zero-order valence-electron chi connectivity index (χ0n) is 17.9. The number of carbonyl (C=O) groups excluding carboxylic acids is 2. The van der Waals surface area contributed by atoms with Crippen LogP contribution in [0, 0.1) is 28.6 Å². The number of aliphatic hydroxyl groups excluding tert-OH is 2. The maximum atomic E-state index is 13.2. The van der Waals surface area contributed by atoms with Gasteiger partial charge < -0.3 is 20.1 Å². The number of aliphatic hydroxyl groups is 3. The molecule has 1 aliphatic heterocycles. The molecule has 3 fully saturated rings. The second kappa shape index (κ2) is 6.05. The summed E-state index contributed by atoms with van der Waals surface area (Å²) in [6.07, 6.45) is 6.64. The predicted molar refractivity (Wildman–Crippen MR) is 108 cm³/mol. The van der Waals surface area contributed by atoms with Gasteiger partial charge in [-0.05, 0) is 74.5 Å². The van der Waals surface area contributed by atoms with Gasteiger partial charge in [0.15, 0.2) is 5.78 Å². The van der Waals surface area contributed by atoms with Gasteiger partial charge in [-0.1, -0.05) is 13.8 Å². The predicted octanol–water partition coefficient (Wildman–Crippen LogP) is 2.06. The van der Waals surface area contributed by atoms with Gasteiger partial charge in [0.05, 0.1) is 17.8 Å². The third-order valence-electron chi connectivity index (χ3n) is 9.68. The molecule has 0 aromatic carbocycles. The third-order valence-corrected chi connectivity index (χ3v) is 9.68. The lowest BCUT2D eigenvalue weighted by Crippen LogP contribution is -2.61. The molecule has 30 heavy (non-hydrogen) atoms. The van der Waals surface area contributed by atoms with Crippen molar-refractivity contribution in [2.24, 2.45) is 28.6 Å². The Balaban J connectivity index is 1.56. The van der Waals surface area contributed by atoms with Crippen molar-refractivity contribution in [2.45, 2.75) is 82.7 Å². The Morgan fingerprint density at radius 2 is 1.77 bits per heavy atom. The summed E-state index contributed by atoms with van der Waals surface area (Å²) in [6.45, 7) is 6.04. The molecule has 3 N–H and O–H groups in total. The highest BCUT2D eigenvalue weighted by atomic mass is 16.6. The molecule has 9 atom stereocenters. The Labute approximate surface area is 177 Å². The van der Waals surface area contributed by atoms with Crippen molar-refractivity contribution >= 4 is 11.8 Å². The van der Waals surface area contributed by atoms with Crippen LogP contribution in [0.4, 0.5) is 0 Å². The summed E-state index contributed by atoms with van der Waals surface area (Å²) in [5, 5.41) is 32.7. The van der Waals surface area contributed by atoms with E-state index < -0.39 is 34.2 Å². The highest BCUT2D eigenvalue weighted by Gasteiger charge is 2.69. The summed E-state index contributed by atoms with van der Waals surface area (Å²) in [5.41, 5.74) is -2.09. The Morgan fingerprint density at radius 3 is 2.43 bits per heavy atom. The highest BCUT2D eigenvalue weighted by Crippen LogP contribution is 2.68. The molecule has 5 rings (SSSR count). The molecule has 0 spiro atoms. The Bertz CT molecular complexity index is 877. The molecule has 0 bridgehead atoms. The van der Waals surface area contributed by atoms with Gasteiger partial charge in [0, 0.05) is 23.3 Å². The minimum atomic E-state index is -1.14. The topological polar surface area (TPSA) is 104 Å². The molecule has 3 saturated carbocycles. The van der Waals surface area contributed by atoms with Gasteiger partial charge >= 0.3 is 5.97 Å². The number of hydrogen-bond acceptors (Lipinski definition) is 6. The van der Waals surface area contributed by atoms with E-state index in [-0.39, 0.29) is 35.9 Å². The molecule has 0 aromatic rings. The lowest BCUT2D eigenvalue weighted by molar-refractivity contribution is -0.166. The van der Waals surface area contributed by atoms with Gasteiger partial charge in [-0.2, -0.15) is 0 Å². The van der Waals surface area contributed by atoms with Crippen molar-refractivity contribution in [2.75, 3.05) is 0 Å². The molecule has 0 amide bonds. The smallest absolute Gasteiger partial charge is 0.331 e. The van der Waals surface area contributed by atoms with Crippen LogP contribution in [-0.4, -0.2) is 50.5 Å². The summed E-state index contributed by atoms with van der Waals surface area (Å²) in [6, 6.07) is 0. The first kappa shape index (κ1) is 20.4. The number of rotatable bonds is 1. The van der Waals surface area contributed by atoms with Gasteiger partial charge in [0.1, 0.15) is 5.60 Å². The highest BCUT2D eigenvalue weighted by molar-refractivity contribution is 5.95. The fraction of sp³-hybridized carbons (Fsp3) is 0.750. The van der Waals surface area contributed by atoms with E-state index in [1.807, 2.05) is 19.9 Å². The van der Waals surface area contributed by atoms with E-state index in [1.165, 1.54) is 6.08 Å². The summed E-state index contributed by atoms with van der Waals surface area (Å²) in [7, 11) is 0. The first-order chi connectivity index (χ1) is 13.9. The number of esters is 1. The minimum absolute atomic E-state index is 0.00588. The van der Waals surface area contributed by atoms with Gasteiger partial charge in [0.25, 0.3) is 0 Å². The lowest BCUT2D eigenvalue weighted by Gasteiger charge is -2.60. The van der Waals surface area contributed by atoms with Crippen LogP contribution in [0.3, 0.4) is 0 Å². The van der Waals surface area contributed by atoms with E-state index in [9.17, 15) is 24.9 Å². The number of allylic oxidation sites excluding steroid dienone is 1. The normalized spacial score (nSPS) is 54.9. The quantitative estimate of drug-likeness (QED) is 0.566. The maximum absolute atomic E-state index is 13.2. The van der Waals surface area contributed by atoms with Gasteiger partial charge in [-0.25, -0.2) is 4.79 Å². The van der Waals surface area contributed by atoms with Gasteiger partial charge in [0.2, 0.25) is 0 Å². The van der Waals surface area contributed by atoms with Crippen LogP contribution in [0.5, 0.6) is 0 Å². The van der Waals surface area contributed by atoms with Crippen LogP contribution >= 0.6 is 0 Å². The summed E-state index contributed by atoms with van der Waals surface area (Å²) < 4.78 is 5.67. The molecular weight excluding hydrogens is 384 g/mol. The minimum Gasteiger partial charge on any atom is -0.452 e. The van der Waals surface area contributed by atoms with Crippen molar-refractivity contribution in [3.05, 3.63) is 23.8 Å². The van der Waals surface area contributed by atoms with Gasteiger partial charge in [-0.3, -0.25) is 4.79 Å². The van der Waals surface area contributed by atoms with Crippen LogP contribution in [-0.2, 0) is 14.3 Å². The standard InChI is InChI=1S/C24H32O6/c1-21-12-18(27)17(26)11-15(21)16(25)10-14-13(21)4-7-22(2)19(5-9-24(14,22)29)23(3)8-6-20(28)30-23/h6,8,10,13,15,17-19,26-27,29H,4-5,7,9,11-12H2,1-3H3/t13-,15-,17+,18-,19-,21+,22+,23-,24+/m0/s1. The Kier molecular flexibility index (Phi) is 4.11. The molecule has 0 aromatic heterocycles. The molecule has 164 valence electrons. The molecule has 0 radical (unpaired) electrons. The SMILES string of the molecule is C[C@]12C[C@H](O)[C@H](O)C[C@H]1C(=O)C=C1[C@@H]2CC[C@]2(C)[C@@H]([C@]3(C)C=CC(=O)O3)CC[C@@]12O. The number of carbonyl (C=O) groups is 2. The largest absolute Gasteiger partial charge is 0.452 e. The second-order valence-corrected chi connectivity index (χ2v) is 11.0. The van der Waals surface area contributed by atoms with E-state index in [4.69, 9.17) is 4.74 Å².